The molecule has 1 amide bonds. The Morgan fingerprint density at radius 1 is 1.35 bits per heavy atom. The fourth-order valence-electron chi connectivity index (χ4n) is 2.20. The zero-order valence-corrected chi connectivity index (χ0v) is 10.7. The second-order valence-electron chi connectivity index (χ2n) is 4.92. The lowest BCUT2D eigenvalue weighted by molar-refractivity contribution is 0.0679. The van der Waals surface area contributed by atoms with Gasteiger partial charge in [-0.2, -0.15) is 0 Å². The summed E-state index contributed by atoms with van der Waals surface area (Å²) in [7, 11) is 3.42. The highest BCUT2D eigenvalue weighted by Crippen LogP contribution is 2.24. The van der Waals surface area contributed by atoms with E-state index in [1.165, 1.54) is 21.6 Å². The van der Waals surface area contributed by atoms with E-state index in [9.17, 15) is 4.79 Å². The first-order valence-electron chi connectivity index (χ1n) is 6.02. The summed E-state index contributed by atoms with van der Waals surface area (Å²) in [6.07, 6.45) is 2.55. The van der Waals surface area contributed by atoms with Gasteiger partial charge in [-0.15, -0.1) is 0 Å². The van der Waals surface area contributed by atoms with Crippen molar-refractivity contribution in [1.29, 1.82) is 0 Å². The van der Waals surface area contributed by atoms with E-state index >= 15 is 0 Å². The third-order valence-electron chi connectivity index (χ3n) is 3.18. The summed E-state index contributed by atoms with van der Waals surface area (Å²) in [6, 6.07) is 6.53. The Morgan fingerprint density at radius 2 is 2.12 bits per heavy atom. The summed E-state index contributed by atoms with van der Waals surface area (Å²) in [6.45, 7) is 2.09. The maximum Gasteiger partial charge on any atom is 0.409 e. The Balaban J connectivity index is 2.05. The van der Waals surface area contributed by atoms with Crippen molar-refractivity contribution in [1.82, 2.24) is 4.90 Å². The van der Waals surface area contributed by atoms with Crippen LogP contribution in [0.3, 0.4) is 0 Å². The van der Waals surface area contributed by atoms with Crippen LogP contribution in [0.1, 0.15) is 23.1 Å². The maximum absolute atomic E-state index is 11.5. The van der Waals surface area contributed by atoms with E-state index in [4.69, 9.17) is 4.74 Å². The van der Waals surface area contributed by atoms with Crippen molar-refractivity contribution < 1.29 is 9.53 Å². The largest absolute Gasteiger partial charge is 0.446 e. The van der Waals surface area contributed by atoms with Gasteiger partial charge in [-0.05, 0) is 30.9 Å². The van der Waals surface area contributed by atoms with Crippen LogP contribution in [0.25, 0.3) is 0 Å². The maximum atomic E-state index is 11.5. The number of carbonyl (C=O) groups excluding carboxylic acids is 1. The van der Waals surface area contributed by atoms with Crippen molar-refractivity contribution in [2.45, 2.75) is 32.3 Å². The van der Waals surface area contributed by atoms with Crippen molar-refractivity contribution >= 4 is 6.09 Å². The molecule has 0 bridgehead atoms. The number of aryl methyl sites for hydroxylation is 2. The Labute approximate surface area is 102 Å². The average molecular weight is 233 g/mol. The first kappa shape index (κ1) is 12.0. The topological polar surface area (TPSA) is 29.5 Å². The smallest absolute Gasteiger partial charge is 0.409 e. The first-order valence-corrected chi connectivity index (χ1v) is 6.02. The van der Waals surface area contributed by atoms with Gasteiger partial charge < -0.3 is 9.64 Å². The highest BCUT2D eigenvalue weighted by Gasteiger charge is 2.22. The minimum absolute atomic E-state index is 0.0270. The monoisotopic (exact) mass is 233 g/mol. The number of nitrogens with zero attached hydrogens (tertiary/aromatic N) is 1. The first-order chi connectivity index (χ1) is 8.06. The molecule has 0 aromatic heterocycles. The van der Waals surface area contributed by atoms with E-state index in [1.54, 1.807) is 14.1 Å². The Bertz CT molecular complexity index is 426. The number of carbonyl (C=O) groups is 1. The summed E-state index contributed by atoms with van der Waals surface area (Å²) < 4.78 is 5.44. The van der Waals surface area contributed by atoms with Crippen LogP contribution in [0.4, 0.5) is 4.79 Å². The van der Waals surface area contributed by atoms with E-state index in [-0.39, 0.29) is 12.2 Å². The molecule has 0 heterocycles. The van der Waals surface area contributed by atoms with Crippen molar-refractivity contribution in [3.05, 3.63) is 34.9 Å². The van der Waals surface area contributed by atoms with E-state index in [2.05, 4.69) is 25.1 Å². The molecule has 3 heteroatoms. The van der Waals surface area contributed by atoms with E-state index in [0.29, 0.717) is 0 Å². The van der Waals surface area contributed by atoms with Gasteiger partial charge in [0, 0.05) is 20.5 Å². The molecule has 17 heavy (non-hydrogen) atoms. The predicted molar refractivity (Wildman–Crippen MR) is 67.2 cm³/mol. The van der Waals surface area contributed by atoms with Gasteiger partial charge in [-0.3, -0.25) is 0 Å². The van der Waals surface area contributed by atoms with E-state index in [1.807, 2.05) is 0 Å². The summed E-state index contributed by atoms with van der Waals surface area (Å²) in [4.78, 5) is 13.0. The van der Waals surface area contributed by atoms with Gasteiger partial charge in [-0.25, -0.2) is 4.79 Å². The minimum Gasteiger partial charge on any atom is -0.446 e. The lowest BCUT2D eigenvalue weighted by Gasteiger charge is -2.26. The van der Waals surface area contributed by atoms with Gasteiger partial charge in [0.1, 0.15) is 6.10 Å². The summed E-state index contributed by atoms with van der Waals surface area (Å²) in [5, 5.41) is 0. The Morgan fingerprint density at radius 3 is 2.82 bits per heavy atom. The van der Waals surface area contributed by atoms with Crippen molar-refractivity contribution in [3.8, 4) is 0 Å². The molecule has 0 fully saturated rings. The number of fused-ring (bicyclic) bond motifs is 1. The van der Waals surface area contributed by atoms with Crippen LogP contribution >= 0.6 is 0 Å². The molecule has 0 aliphatic heterocycles. The summed E-state index contributed by atoms with van der Waals surface area (Å²) in [5.41, 5.74) is 3.99. The molecule has 0 saturated carbocycles. The van der Waals surface area contributed by atoms with Gasteiger partial charge in [0.15, 0.2) is 0 Å². The quantitative estimate of drug-likeness (QED) is 0.746. The second-order valence-corrected chi connectivity index (χ2v) is 4.92. The average Bonchev–Trinajstić information content (AvgIpc) is 2.28. The fraction of sp³-hybridized carbons (Fsp3) is 0.500. The molecule has 0 spiro atoms. The number of ether oxygens (including phenoxy) is 1. The Kier molecular flexibility index (Phi) is 3.36. The number of hydrogen-bond donors (Lipinski definition) is 0. The van der Waals surface area contributed by atoms with Crippen LogP contribution in [0.15, 0.2) is 18.2 Å². The lowest BCUT2D eigenvalue weighted by atomic mass is 9.89. The molecule has 1 atom stereocenters. The van der Waals surface area contributed by atoms with Crippen LogP contribution in [0.5, 0.6) is 0 Å². The molecular weight excluding hydrogens is 214 g/mol. The number of benzene rings is 1. The molecule has 1 unspecified atom stereocenters. The van der Waals surface area contributed by atoms with Gasteiger partial charge in [0.25, 0.3) is 0 Å². The number of amides is 1. The molecule has 2 rings (SSSR count). The molecular formula is C14H19NO2. The molecule has 92 valence electrons. The molecule has 1 aromatic rings. The molecule has 1 aromatic carbocycles. The Hall–Kier alpha value is -1.51. The highest BCUT2D eigenvalue weighted by atomic mass is 16.6. The van der Waals surface area contributed by atoms with E-state index < -0.39 is 0 Å². The van der Waals surface area contributed by atoms with Crippen LogP contribution in [-0.4, -0.2) is 31.2 Å². The number of rotatable bonds is 1. The van der Waals surface area contributed by atoms with Gasteiger partial charge in [-0.1, -0.05) is 23.8 Å². The van der Waals surface area contributed by atoms with Gasteiger partial charge >= 0.3 is 6.09 Å². The SMILES string of the molecule is Cc1ccc2c(c1)CC(OC(=O)N(C)C)CC2. The van der Waals surface area contributed by atoms with E-state index in [0.717, 1.165) is 19.3 Å². The molecule has 0 radical (unpaired) electrons. The molecule has 0 saturated heterocycles. The zero-order valence-electron chi connectivity index (χ0n) is 10.7. The van der Waals surface area contributed by atoms with Gasteiger partial charge in [0.2, 0.25) is 0 Å². The van der Waals surface area contributed by atoms with Crippen LogP contribution in [0, 0.1) is 6.92 Å². The standard InChI is InChI=1S/C14H19NO2/c1-10-4-5-11-6-7-13(9-12(11)8-10)17-14(16)15(2)3/h4-5,8,13H,6-7,9H2,1-3H3. The van der Waals surface area contributed by atoms with Crippen molar-refractivity contribution in [3.63, 3.8) is 0 Å². The van der Waals surface area contributed by atoms with Crippen LogP contribution < -0.4 is 0 Å². The number of hydrogen-bond acceptors (Lipinski definition) is 2. The van der Waals surface area contributed by atoms with Crippen molar-refractivity contribution in [2.75, 3.05) is 14.1 Å². The molecule has 3 nitrogen and oxygen atoms in total. The molecule has 1 aliphatic carbocycles. The summed E-state index contributed by atoms with van der Waals surface area (Å²) in [5.74, 6) is 0. The summed E-state index contributed by atoms with van der Waals surface area (Å²) >= 11 is 0. The third-order valence-corrected chi connectivity index (χ3v) is 3.18. The third kappa shape index (κ3) is 2.78. The minimum atomic E-state index is -0.244. The highest BCUT2D eigenvalue weighted by molar-refractivity contribution is 5.67. The van der Waals surface area contributed by atoms with Crippen molar-refractivity contribution in [2.24, 2.45) is 0 Å². The second kappa shape index (κ2) is 4.78. The zero-order chi connectivity index (χ0) is 12.4. The molecule has 1 aliphatic rings. The van der Waals surface area contributed by atoms with Crippen LogP contribution in [0.2, 0.25) is 0 Å². The van der Waals surface area contributed by atoms with Gasteiger partial charge in [0.05, 0.1) is 0 Å². The molecule has 0 N–H and O–H groups in total. The lowest BCUT2D eigenvalue weighted by Crippen LogP contribution is -2.31. The predicted octanol–water partition coefficient (Wildman–Crippen LogP) is 2.55. The fourth-order valence-corrected chi connectivity index (χ4v) is 2.20. The van der Waals surface area contributed by atoms with Crippen LogP contribution in [-0.2, 0) is 17.6 Å². The normalized spacial score (nSPS) is 18.4.